The Hall–Kier alpha value is -3.37. The first kappa shape index (κ1) is 22.3. The SMILES string of the molecule is CC(C)(C)c1ccc(C(=O)Nc2ccc(NC(=O)/C=C/c3ccc(Cl)cc3)cc2)cc1. The van der Waals surface area contributed by atoms with E-state index in [1.54, 1.807) is 42.5 Å². The fourth-order valence-electron chi connectivity index (χ4n) is 2.89. The molecule has 3 rings (SSSR count). The van der Waals surface area contributed by atoms with E-state index < -0.39 is 0 Å². The van der Waals surface area contributed by atoms with Crippen LogP contribution in [0, 0.1) is 0 Å². The monoisotopic (exact) mass is 432 g/mol. The Morgan fingerprint density at radius 3 is 1.87 bits per heavy atom. The van der Waals surface area contributed by atoms with E-state index in [0.29, 0.717) is 22.0 Å². The molecule has 0 aliphatic heterocycles. The molecule has 0 atom stereocenters. The van der Waals surface area contributed by atoms with Gasteiger partial charge in [0.2, 0.25) is 5.91 Å². The number of carbonyl (C=O) groups is 2. The summed E-state index contributed by atoms with van der Waals surface area (Å²) in [6.07, 6.45) is 3.17. The van der Waals surface area contributed by atoms with Crippen molar-refractivity contribution in [3.8, 4) is 0 Å². The van der Waals surface area contributed by atoms with Crippen LogP contribution in [0.4, 0.5) is 11.4 Å². The van der Waals surface area contributed by atoms with Gasteiger partial charge in [-0.1, -0.05) is 56.6 Å². The number of rotatable bonds is 5. The summed E-state index contributed by atoms with van der Waals surface area (Å²) < 4.78 is 0. The largest absolute Gasteiger partial charge is 0.323 e. The van der Waals surface area contributed by atoms with Gasteiger partial charge in [-0.2, -0.15) is 0 Å². The Balaban J connectivity index is 1.56. The average Bonchev–Trinajstić information content (AvgIpc) is 2.74. The molecule has 0 unspecified atom stereocenters. The van der Waals surface area contributed by atoms with Crippen molar-refractivity contribution in [1.29, 1.82) is 0 Å². The minimum Gasteiger partial charge on any atom is -0.323 e. The Morgan fingerprint density at radius 2 is 1.32 bits per heavy atom. The van der Waals surface area contributed by atoms with Crippen LogP contribution in [0.25, 0.3) is 6.08 Å². The summed E-state index contributed by atoms with van der Waals surface area (Å²) in [5.41, 5.74) is 3.98. The Morgan fingerprint density at radius 1 is 0.774 bits per heavy atom. The van der Waals surface area contributed by atoms with Gasteiger partial charge in [-0.15, -0.1) is 0 Å². The van der Waals surface area contributed by atoms with E-state index in [2.05, 4.69) is 31.4 Å². The number of nitrogens with one attached hydrogen (secondary N) is 2. The molecule has 3 aromatic rings. The first-order valence-electron chi connectivity index (χ1n) is 9.97. The summed E-state index contributed by atoms with van der Waals surface area (Å²) in [5.74, 6) is -0.422. The maximum atomic E-state index is 12.5. The van der Waals surface area contributed by atoms with Gasteiger partial charge in [-0.3, -0.25) is 9.59 Å². The second-order valence-corrected chi connectivity index (χ2v) is 8.67. The van der Waals surface area contributed by atoms with Crippen molar-refractivity contribution in [3.63, 3.8) is 0 Å². The van der Waals surface area contributed by atoms with Crippen LogP contribution in [-0.4, -0.2) is 11.8 Å². The summed E-state index contributed by atoms with van der Waals surface area (Å²) in [6.45, 7) is 6.40. The van der Waals surface area contributed by atoms with E-state index in [1.165, 1.54) is 11.6 Å². The highest BCUT2D eigenvalue weighted by molar-refractivity contribution is 6.30. The molecule has 0 aromatic heterocycles. The summed E-state index contributed by atoms with van der Waals surface area (Å²) in [5, 5.41) is 6.31. The molecule has 0 saturated carbocycles. The van der Waals surface area contributed by atoms with Gasteiger partial charge in [0.15, 0.2) is 0 Å². The molecular weight excluding hydrogens is 408 g/mol. The minimum atomic E-state index is -0.245. The lowest BCUT2D eigenvalue weighted by molar-refractivity contribution is -0.111. The van der Waals surface area contributed by atoms with Gasteiger partial charge in [0.1, 0.15) is 0 Å². The summed E-state index contributed by atoms with van der Waals surface area (Å²) in [6, 6.07) is 21.8. The number of hydrogen-bond donors (Lipinski definition) is 2. The Kier molecular flexibility index (Phi) is 6.93. The van der Waals surface area contributed by atoms with Gasteiger partial charge < -0.3 is 10.6 Å². The topological polar surface area (TPSA) is 58.2 Å². The fraction of sp³-hybridized carbons (Fsp3) is 0.154. The molecule has 0 bridgehead atoms. The average molecular weight is 433 g/mol. The molecule has 0 spiro atoms. The van der Waals surface area contributed by atoms with E-state index in [1.807, 2.05) is 36.4 Å². The minimum absolute atomic E-state index is 0.0409. The molecule has 2 amide bonds. The number of hydrogen-bond acceptors (Lipinski definition) is 2. The molecular formula is C26H25ClN2O2. The number of halogens is 1. The molecule has 0 fully saturated rings. The molecule has 31 heavy (non-hydrogen) atoms. The highest BCUT2D eigenvalue weighted by Crippen LogP contribution is 2.22. The quantitative estimate of drug-likeness (QED) is 0.449. The maximum absolute atomic E-state index is 12.5. The van der Waals surface area contributed by atoms with Crippen molar-refractivity contribution < 1.29 is 9.59 Å². The van der Waals surface area contributed by atoms with Crippen LogP contribution in [-0.2, 0) is 10.2 Å². The number of benzene rings is 3. The molecule has 0 saturated heterocycles. The standard InChI is InChI=1S/C26H25ClN2O2/c1-26(2,3)20-9-7-19(8-10-20)25(31)29-23-15-13-22(14-16-23)28-24(30)17-6-18-4-11-21(27)12-5-18/h4-17H,1-3H3,(H,28,30)(H,29,31)/b17-6+. The van der Waals surface area contributed by atoms with Crippen molar-refractivity contribution in [2.45, 2.75) is 26.2 Å². The van der Waals surface area contributed by atoms with Crippen molar-refractivity contribution in [3.05, 3.63) is 101 Å². The molecule has 0 aliphatic rings. The first-order valence-corrected chi connectivity index (χ1v) is 10.3. The molecule has 5 heteroatoms. The van der Waals surface area contributed by atoms with E-state index >= 15 is 0 Å². The molecule has 0 radical (unpaired) electrons. The van der Waals surface area contributed by atoms with E-state index in [4.69, 9.17) is 11.6 Å². The zero-order valence-electron chi connectivity index (χ0n) is 17.8. The van der Waals surface area contributed by atoms with Gasteiger partial charge in [0, 0.05) is 28.0 Å². The lowest BCUT2D eigenvalue weighted by Gasteiger charge is -2.19. The van der Waals surface area contributed by atoms with Gasteiger partial charge in [0.25, 0.3) is 5.91 Å². The smallest absolute Gasteiger partial charge is 0.255 e. The normalized spacial score (nSPS) is 11.4. The predicted octanol–water partition coefficient (Wildman–Crippen LogP) is 6.54. The predicted molar refractivity (Wildman–Crippen MR) is 129 cm³/mol. The second-order valence-electron chi connectivity index (χ2n) is 8.23. The van der Waals surface area contributed by atoms with Crippen LogP contribution >= 0.6 is 11.6 Å². The molecule has 158 valence electrons. The van der Waals surface area contributed by atoms with E-state index in [0.717, 1.165) is 5.56 Å². The highest BCUT2D eigenvalue weighted by atomic mass is 35.5. The third-order valence-corrected chi connectivity index (χ3v) is 4.97. The first-order chi connectivity index (χ1) is 14.7. The Labute approximate surface area is 188 Å². The summed E-state index contributed by atoms with van der Waals surface area (Å²) >= 11 is 5.85. The number of amides is 2. The van der Waals surface area contributed by atoms with Crippen molar-refractivity contribution >= 4 is 40.9 Å². The zero-order valence-corrected chi connectivity index (χ0v) is 18.5. The summed E-state index contributed by atoms with van der Waals surface area (Å²) in [7, 11) is 0. The van der Waals surface area contributed by atoms with E-state index in [9.17, 15) is 9.59 Å². The second kappa shape index (κ2) is 9.63. The lowest BCUT2D eigenvalue weighted by atomic mass is 9.87. The van der Waals surface area contributed by atoms with Gasteiger partial charge in [-0.05, 0) is 71.1 Å². The van der Waals surface area contributed by atoms with Crippen molar-refractivity contribution in [2.75, 3.05) is 10.6 Å². The van der Waals surface area contributed by atoms with Crippen molar-refractivity contribution in [1.82, 2.24) is 0 Å². The lowest BCUT2D eigenvalue weighted by Crippen LogP contribution is -2.14. The van der Waals surface area contributed by atoms with Crippen LogP contribution in [0.5, 0.6) is 0 Å². The number of carbonyl (C=O) groups excluding carboxylic acids is 2. The van der Waals surface area contributed by atoms with Gasteiger partial charge >= 0.3 is 0 Å². The third-order valence-electron chi connectivity index (χ3n) is 4.72. The molecule has 4 nitrogen and oxygen atoms in total. The fourth-order valence-corrected chi connectivity index (χ4v) is 3.02. The van der Waals surface area contributed by atoms with Crippen LogP contribution in [0.2, 0.25) is 5.02 Å². The highest BCUT2D eigenvalue weighted by Gasteiger charge is 2.14. The maximum Gasteiger partial charge on any atom is 0.255 e. The van der Waals surface area contributed by atoms with Crippen LogP contribution in [0.3, 0.4) is 0 Å². The molecule has 0 aliphatic carbocycles. The molecule has 2 N–H and O–H groups in total. The van der Waals surface area contributed by atoms with Crippen molar-refractivity contribution in [2.24, 2.45) is 0 Å². The zero-order chi connectivity index (χ0) is 22.4. The molecule has 0 heterocycles. The van der Waals surface area contributed by atoms with Crippen LogP contribution < -0.4 is 10.6 Å². The third kappa shape index (κ3) is 6.56. The Bertz CT molecular complexity index is 1080. The molecule has 3 aromatic carbocycles. The van der Waals surface area contributed by atoms with Gasteiger partial charge in [-0.25, -0.2) is 0 Å². The van der Waals surface area contributed by atoms with Crippen LogP contribution in [0.15, 0.2) is 78.9 Å². The van der Waals surface area contributed by atoms with E-state index in [-0.39, 0.29) is 17.2 Å². The van der Waals surface area contributed by atoms with Crippen LogP contribution in [0.1, 0.15) is 42.3 Å². The van der Waals surface area contributed by atoms with Gasteiger partial charge in [0.05, 0.1) is 0 Å². The summed E-state index contributed by atoms with van der Waals surface area (Å²) in [4.78, 5) is 24.6. The number of anilines is 2.